The maximum absolute atomic E-state index is 6.12. The molecule has 0 amide bonds. The van der Waals surface area contributed by atoms with Gasteiger partial charge in [0.15, 0.2) is 0 Å². The van der Waals surface area contributed by atoms with Gasteiger partial charge in [0, 0.05) is 19.4 Å². The number of hydrogen-bond donors (Lipinski definition) is 1. The molecule has 0 spiro atoms. The molecule has 1 unspecified atom stereocenters. The molecule has 0 fully saturated rings. The van der Waals surface area contributed by atoms with Crippen LogP contribution in [0.5, 0.6) is 0 Å². The van der Waals surface area contributed by atoms with E-state index in [1.54, 1.807) is 0 Å². The van der Waals surface area contributed by atoms with E-state index in [1.165, 1.54) is 5.56 Å². The van der Waals surface area contributed by atoms with Crippen molar-refractivity contribution in [2.45, 2.75) is 26.2 Å². The number of aromatic nitrogens is 2. The lowest BCUT2D eigenvalue weighted by Crippen LogP contribution is -2.03. The molecular weight excluding hydrogens is 210 g/mol. The Morgan fingerprint density at radius 2 is 1.94 bits per heavy atom. The van der Waals surface area contributed by atoms with Crippen LogP contribution in [0.25, 0.3) is 0 Å². The predicted octanol–water partition coefficient (Wildman–Crippen LogP) is 2.72. The summed E-state index contributed by atoms with van der Waals surface area (Å²) < 4.78 is 1.98. The fourth-order valence-electron chi connectivity index (χ4n) is 2.12. The van der Waals surface area contributed by atoms with E-state index in [4.69, 9.17) is 5.73 Å². The molecule has 1 atom stereocenters. The molecule has 0 saturated carbocycles. The SMILES string of the molecule is CCc1nc(C(C)c2ccccc2)c(N)n1C. The fraction of sp³-hybridized carbons (Fsp3) is 0.357. The Hall–Kier alpha value is -1.77. The third-order valence-electron chi connectivity index (χ3n) is 3.29. The largest absolute Gasteiger partial charge is 0.384 e. The Bertz CT molecular complexity index is 500. The second-order valence-corrected chi connectivity index (χ2v) is 4.34. The quantitative estimate of drug-likeness (QED) is 0.879. The molecule has 0 bridgehead atoms. The molecule has 0 aliphatic rings. The lowest BCUT2D eigenvalue weighted by atomic mass is 9.98. The van der Waals surface area contributed by atoms with Crippen LogP contribution in [0.15, 0.2) is 30.3 Å². The number of anilines is 1. The normalized spacial score (nSPS) is 12.6. The van der Waals surface area contributed by atoms with Crippen LogP contribution in [0, 0.1) is 0 Å². The summed E-state index contributed by atoms with van der Waals surface area (Å²) in [5.74, 6) is 2.06. The van der Waals surface area contributed by atoms with Crippen molar-refractivity contribution in [1.29, 1.82) is 0 Å². The van der Waals surface area contributed by atoms with Crippen molar-refractivity contribution in [3.05, 3.63) is 47.4 Å². The van der Waals surface area contributed by atoms with E-state index in [9.17, 15) is 0 Å². The van der Waals surface area contributed by atoms with Crippen LogP contribution in [-0.4, -0.2) is 9.55 Å². The minimum Gasteiger partial charge on any atom is -0.384 e. The molecule has 0 radical (unpaired) electrons. The van der Waals surface area contributed by atoms with Gasteiger partial charge in [-0.1, -0.05) is 44.2 Å². The minimum absolute atomic E-state index is 0.239. The number of hydrogen-bond acceptors (Lipinski definition) is 2. The average molecular weight is 229 g/mol. The van der Waals surface area contributed by atoms with E-state index in [0.29, 0.717) is 0 Å². The highest BCUT2D eigenvalue weighted by atomic mass is 15.1. The zero-order valence-electron chi connectivity index (χ0n) is 10.6. The van der Waals surface area contributed by atoms with E-state index in [0.717, 1.165) is 23.8 Å². The lowest BCUT2D eigenvalue weighted by Gasteiger charge is -2.10. The van der Waals surface area contributed by atoms with Gasteiger partial charge in [0.1, 0.15) is 11.6 Å². The van der Waals surface area contributed by atoms with E-state index in [-0.39, 0.29) is 5.92 Å². The van der Waals surface area contributed by atoms with Crippen molar-refractivity contribution in [3.63, 3.8) is 0 Å². The summed E-state index contributed by atoms with van der Waals surface area (Å²) in [6.07, 6.45) is 0.905. The fourth-order valence-corrected chi connectivity index (χ4v) is 2.12. The number of nitrogen functional groups attached to an aromatic ring is 1. The Labute approximate surface area is 102 Å². The van der Waals surface area contributed by atoms with Crippen LogP contribution in [0.3, 0.4) is 0 Å². The highest BCUT2D eigenvalue weighted by Gasteiger charge is 2.17. The number of aryl methyl sites for hydroxylation is 1. The predicted molar refractivity (Wildman–Crippen MR) is 71.0 cm³/mol. The third-order valence-corrected chi connectivity index (χ3v) is 3.29. The van der Waals surface area contributed by atoms with Crippen molar-refractivity contribution in [1.82, 2.24) is 9.55 Å². The average Bonchev–Trinajstić information content (AvgIpc) is 2.66. The van der Waals surface area contributed by atoms with Gasteiger partial charge in [-0.25, -0.2) is 4.98 Å². The van der Waals surface area contributed by atoms with Crippen molar-refractivity contribution < 1.29 is 0 Å². The molecule has 1 aromatic heterocycles. The van der Waals surface area contributed by atoms with Crippen LogP contribution in [0.2, 0.25) is 0 Å². The highest BCUT2D eigenvalue weighted by molar-refractivity contribution is 5.44. The Balaban J connectivity index is 2.41. The molecule has 2 rings (SSSR count). The summed E-state index contributed by atoms with van der Waals surface area (Å²) in [6, 6.07) is 10.3. The zero-order chi connectivity index (χ0) is 12.4. The summed E-state index contributed by atoms with van der Waals surface area (Å²) in [5.41, 5.74) is 8.35. The number of imidazole rings is 1. The molecule has 0 aliphatic carbocycles. The summed E-state index contributed by atoms with van der Waals surface area (Å²) in [7, 11) is 1.97. The van der Waals surface area contributed by atoms with Gasteiger partial charge in [0.05, 0.1) is 5.69 Å². The van der Waals surface area contributed by atoms with Gasteiger partial charge >= 0.3 is 0 Å². The molecule has 0 aliphatic heterocycles. The molecule has 2 aromatic rings. The number of benzene rings is 1. The van der Waals surface area contributed by atoms with Crippen LogP contribution < -0.4 is 5.73 Å². The first kappa shape index (κ1) is 11.7. The lowest BCUT2D eigenvalue weighted by molar-refractivity contribution is 0.813. The van der Waals surface area contributed by atoms with Crippen LogP contribution in [0.4, 0.5) is 5.82 Å². The van der Waals surface area contributed by atoms with Gasteiger partial charge < -0.3 is 10.3 Å². The van der Waals surface area contributed by atoms with E-state index in [1.807, 2.05) is 29.8 Å². The number of nitrogens with zero attached hydrogens (tertiary/aromatic N) is 2. The first-order valence-corrected chi connectivity index (χ1v) is 6.01. The number of nitrogens with two attached hydrogens (primary N) is 1. The topological polar surface area (TPSA) is 43.8 Å². The maximum Gasteiger partial charge on any atom is 0.127 e. The minimum atomic E-state index is 0.239. The summed E-state index contributed by atoms with van der Waals surface area (Å²) in [5, 5.41) is 0. The molecule has 2 N–H and O–H groups in total. The Morgan fingerprint density at radius 3 is 2.47 bits per heavy atom. The third kappa shape index (κ3) is 2.05. The van der Waals surface area contributed by atoms with Crippen molar-refractivity contribution >= 4 is 5.82 Å². The first-order valence-electron chi connectivity index (χ1n) is 6.01. The summed E-state index contributed by atoms with van der Waals surface area (Å²) in [6.45, 7) is 4.24. The van der Waals surface area contributed by atoms with E-state index >= 15 is 0 Å². The monoisotopic (exact) mass is 229 g/mol. The molecule has 17 heavy (non-hydrogen) atoms. The van der Waals surface area contributed by atoms with Gasteiger partial charge in [0.2, 0.25) is 0 Å². The molecule has 1 aromatic carbocycles. The first-order chi connectivity index (χ1) is 8.15. The van der Waals surface area contributed by atoms with Gasteiger partial charge in [-0.15, -0.1) is 0 Å². The van der Waals surface area contributed by atoms with Crippen LogP contribution in [0.1, 0.15) is 36.8 Å². The molecular formula is C14H19N3. The summed E-state index contributed by atoms with van der Waals surface area (Å²) >= 11 is 0. The van der Waals surface area contributed by atoms with Crippen LogP contribution in [-0.2, 0) is 13.5 Å². The van der Waals surface area contributed by atoms with Crippen molar-refractivity contribution in [3.8, 4) is 0 Å². The van der Waals surface area contributed by atoms with Gasteiger partial charge in [-0.2, -0.15) is 0 Å². The Morgan fingerprint density at radius 1 is 1.29 bits per heavy atom. The molecule has 3 heteroatoms. The van der Waals surface area contributed by atoms with Gasteiger partial charge in [0.25, 0.3) is 0 Å². The standard InChI is InChI=1S/C14H19N3/c1-4-12-16-13(14(15)17(12)3)10(2)11-8-6-5-7-9-11/h5-10H,4,15H2,1-3H3. The second-order valence-electron chi connectivity index (χ2n) is 4.34. The van der Waals surface area contributed by atoms with E-state index < -0.39 is 0 Å². The van der Waals surface area contributed by atoms with Crippen molar-refractivity contribution in [2.24, 2.45) is 7.05 Å². The molecule has 90 valence electrons. The van der Waals surface area contributed by atoms with Crippen LogP contribution >= 0.6 is 0 Å². The van der Waals surface area contributed by atoms with Gasteiger partial charge in [-0.05, 0) is 5.56 Å². The zero-order valence-corrected chi connectivity index (χ0v) is 10.6. The summed E-state index contributed by atoms with van der Waals surface area (Å²) in [4.78, 5) is 4.64. The smallest absolute Gasteiger partial charge is 0.127 e. The second kappa shape index (κ2) is 4.62. The van der Waals surface area contributed by atoms with Crippen molar-refractivity contribution in [2.75, 3.05) is 5.73 Å². The van der Waals surface area contributed by atoms with Gasteiger partial charge in [-0.3, -0.25) is 0 Å². The highest BCUT2D eigenvalue weighted by Crippen LogP contribution is 2.28. The molecule has 3 nitrogen and oxygen atoms in total. The maximum atomic E-state index is 6.12. The molecule has 0 saturated heterocycles. The Kier molecular flexibility index (Phi) is 3.18. The number of rotatable bonds is 3. The molecule has 1 heterocycles. The van der Waals surface area contributed by atoms with E-state index in [2.05, 4.69) is 31.0 Å².